The Morgan fingerprint density at radius 1 is 0.468 bits per heavy atom. The summed E-state index contributed by atoms with van der Waals surface area (Å²) in [7, 11) is 0.353. The zero-order chi connectivity index (χ0) is 63.0. The monoisotopic (exact) mass is 1480 g/mol. The fraction of sp³-hybridized carbons (Fsp3) is 0.294. The first-order valence-electron chi connectivity index (χ1n) is 31.8. The number of hydrogen-bond donors (Lipinski definition) is 2. The molecule has 2 atom stereocenters. The van der Waals surface area contributed by atoms with E-state index in [4.69, 9.17) is 14.9 Å². The summed E-state index contributed by atoms with van der Waals surface area (Å²) in [5.41, 5.74) is 3.25. The van der Waals surface area contributed by atoms with Crippen molar-refractivity contribution >= 4 is 60.2 Å². The van der Waals surface area contributed by atoms with Crippen LogP contribution < -0.4 is 36.6 Å². The molecule has 13 rings (SSSR count). The number of aldehydes is 2. The van der Waals surface area contributed by atoms with E-state index < -0.39 is 15.8 Å². The summed E-state index contributed by atoms with van der Waals surface area (Å²) in [6, 6.07) is 57.2. The molecule has 7 aliphatic rings. The van der Waals surface area contributed by atoms with Gasteiger partial charge in [-0.25, -0.2) is 0 Å². The molecule has 0 spiro atoms. The van der Waals surface area contributed by atoms with E-state index in [1.54, 1.807) is 0 Å². The summed E-state index contributed by atoms with van der Waals surface area (Å²) in [5, 5.41) is 21.8. The maximum Gasteiger partial charge on any atom is 2.00 e. The zero-order valence-corrected chi connectivity index (χ0v) is 63.1. The Morgan fingerprint density at radius 3 is 1.00 bits per heavy atom. The molecule has 9 heteroatoms. The van der Waals surface area contributed by atoms with Crippen molar-refractivity contribution in [3.8, 4) is 11.5 Å². The first-order chi connectivity index (χ1) is 43.3. The van der Waals surface area contributed by atoms with E-state index in [0.717, 1.165) is 87.8 Å². The minimum absolute atomic E-state index is 0. The van der Waals surface area contributed by atoms with E-state index in [2.05, 4.69) is 283 Å². The zero-order valence-electron chi connectivity index (χ0n) is 58.0. The molecule has 5 nitrogen and oxygen atoms in total. The van der Waals surface area contributed by atoms with E-state index in [9.17, 15) is 9.59 Å². The number of aliphatic hydroxyl groups is 2. The predicted octanol–water partition coefficient (Wildman–Crippen LogP) is 20.0. The maximum atomic E-state index is 10.3. The standard InChI is InChI=1S/C39H32OP2.C8H8O.2C8H12.C7H8.C5H10O.C4H8.2CH4O.4CH3.2Rh/c1-39(2)33-25-15-27-35(41(29-17-7-3-8-18-29)30-19-9-4-10-20-30)37(33)40-38-34(39)26-16-28-36(38)42(31-21-11-5-12-22-31)32-23-13-6-14-24-32;9-5-8-4-6-1-2-7(8)3-6;2*1-2-4-6-8-7-5-3-1;1-2-7-4-3-6(1)5-7;1-2-3-4-5-6;1-3-4-2;2*1-2;;;;;;/h3-28H,1-2H3;1-2,4-7H,3H2;2*1-2,7-8H,3-6H2;1-4,6-7H,5H2;5H,2-4H2,1H3;3H,1,4H2,2H3;2*2H,1H3;4*1H3;;/q;;;;;;;;;4*-1;2*+2/b;;2*2-1-,8-7?;;;;;;;;;;;. The molecule has 508 valence electrons. The van der Waals surface area contributed by atoms with Crippen molar-refractivity contribution in [2.45, 2.75) is 123 Å². The molecular formula is C85H110O5P2Rh2. The van der Waals surface area contributed by atoms with E-state index in [1.807, 2.05) is 6.08 Å². The summed E-state index contributed by atoms with van der Waals surface area (Å²) in [6.45, 7) is 12.3. The van der Waals surface area contributed by atoms with Crippen LogP contribution in [0.5, 0.6) is 11.5 Å². The van der Waals surface area contributed by atoms with Crippen molar-refractivity contribution in [2.24, 2.45) is 23.7 Å². The minimum Gasteiger partial charge on any atom is -0.455 e. The number of allylic oxidation sites excluding steroid dienone is 17. The van der Waals surface area contributed by atoms with Crippen molar-refractivity contribution in [1.82, 2.24) is 0 Å². The van der Waals surface area contributed by atoms with Gasteiger partial charge in [0, 0.05) is 53.7 Å². The molecule has 2 N–H and O–H groups in total. The van der Waals surface area contributed by atoms with Crippen LogP contribution in [0.25, 0.3) is 0 Å². The quantitative estimate of drug-likeness (QED) is 0.0337. The van der Waals surface area contributed by atoms with Gasteiger partial charge in [0.1, 0.15) is 24.1 Å². The summed E-state index contributed by atoms with van der Waals surface area (Å²) < 4.78 is 7.26. The maximum absolute atomic E-state index is 10.3. The third-order valence-electron chi connectivity index (χ3n) is 15.6. The second kappa shape index (κ2) is 53.3. The number of unbranched alkanes of at least 4 members (excludes halogenated alkanes) is 2. The molecule has 1 aliphatic heterocycles. The van der Waals surface area contributed by atoms with Crippen molar-refractivity contribution in [2.75, 3.05) is 14.2 Å². The molecule has 94 heavy (non-hydrogen) atoms. The molecular weight excluding hydrogens is 1370 g/mol. The van der Waals surface area contributed by atoms with Gasteiger partial charge in [-0.1, -0.05) is 289 Å². The van der Waals surface area contributed by atoms with Gasteiger partial charge in [-0.3, -0.25) is 4.79 Å². The summed E-state index contributed by atoms with van der Waals surface area (Å²) in [4.78, 5) is 19.9. The van der Waals surface area contributed by atoms with E-state index in [1.165, 1.54) is 101 Å². The number of ether oxygens (including phenoxy) is 1. The molecule has 1 heterocycles. The Morgan fingerprint density at radius 2 is 0.787 bits per heavy atom. The number of aliphatic hydroxyl groups excluding tert-OH is 2. The van der Waals surface area contributed by atoms with Gasteiger partial charge in [-0.15, -0.1) is 6.58 Å². The van der Waals surface area contributed by atoms with E-state index >= 15 is 0 Å². The second-order valence-electron chi connectivity index (χ2n) is 22.3. The van der Waals surface area contributed by atoms with Crippen molar-refractivity contribution in [1.29, 1.82) is 0 Å². The average molecular weight is 1480 g/mol. The Kier molecular flexibility index (Phi) is 51.2. The number of carbonyl (C=O) groups excluding carboxylic acids is 2. The average Bonchev–Trinajstić information content (AvgIpc) is 0.909. The first kappa shape index (κ1) is 90.2. The molecule has 2 radical (unpaired) electrons. The Bertz CT molecular complexity index is 2880. The van der Waals surface area contributed by atoms with Crippen molar-refractivity contribution in [3.63, 3.8) is 0 Å². The predicted molar refractivity (Wildman–Crippen MR) is 409 cm³/mol. The van der Waals surface area contributed by atoms with Gasteiger partial charge >= 0.3 is 39.0 Å². The Labute approximate surface area is 599 Å². The van der Waals surface area contributed by atoms with Gasteiger partial charge in [0.05, 0.1) is 0 Å². The summed E-state index contributed by atoms with van der Waals surface area (Å²) in [6.07, 6.45) is 53.9. The number of fused-ring (bicyclic) bond motifs is 6. The molecule has 6 aromatic rings. The smallest absolute Gasteiger partial charge is 0.455 e. The molecule has 0 aromatic heterocycles. The topological polar surface area (TPSA) is 83.8 Å². The van der Waals surface area contributed by atoms with Crippen LogP contribution in [0.1, 0.15) is 129 Å². The molecule has 0 amide bonds. The number of carbonyl (C=O) groups is 2. The van der Waals surface area contributed by atoms with Crippen LogP contribution in [-0.4, -0.2) is 37.0 Å². The molecule has 6 aromatic carbocycles. The number of rotatable bonds is 11. The third kappa shape index (κ3) is 28.8. The fourth-order valence-corrected chi connectivity index (χ4v) is 15.7. The van der Waals surface area contributed by atoms with Gasteiger partial charge in [0.2, 0.25) is 0 Å². The van der Waals surface area contributed by atoms with Crippen LogP contribution >= 0.6 is 15.8 Å². The number of hydrogen-bond acceptors (Lipinski definition) is 5. The van der Waals surface area contributed by atoms with Crippen LogP contribution in [0.4, 0.5) is 0 Å². The molecule has 6 aliphatic carbocycles. The summed E-state index contributed by atoms with van der Waals surface area (Å²) >= 11 is 0. The Hall–Kier alpha value is -5.85. The summed E-state index contributed by atoms with van der Waals surface area (Å²) in [5.74, 6) is 4.69. The number of para-hydroxylation sites is 2. The van der Waals surface area contributed by atoms with Gasteiger partial charge in [-0.05, 0) is 137 Å². The molecule has 2 unspecified atom stereocenters. The first-order valence-corrected chi connectivity index (χ1v) is 34.5. The largest absolute Gasteiger partial charge is 2.00 e. The molecule has 0 saturated carbocycles. The van der Waals surface area contributed by atoms with Crippen LogP contribution in [0.15, 0.2) is 267 Å². The molecule has 0 saturated heterocycles. The molecule has 0 fully saturated rings. The second-order valence-corrected chi connectivity index (χ2v) is 26.6. The van der Waals surface area contributed by atoms with Gasteiger partial charge in [-0.2, -0.15) is 0 Å². The fourth-order valence-electron chi connectivity index (χ4n) is 10.9. The molecule has 4 bridgehead atoms. The van der Waals surface area contributed by atoms with Crippen LogP contribution in [0, 0.1) is 53.4 Å². The van der Waals surface area contributed by atoms with Gasteiger partial charge < -0.3 is 49.5 Å². The van der Waals surface area contributed by atoms with Crippen molar-refractivity contribution in [3.05, 3.63) is 308 Å². The van der Waals surface area contributed by atoms with Crippen LogP contribution in [-0.2, 0) is 54.0 Å². The minimum atomic E-state index is -0.824. The van der Waals surface area contributed by atoms with Gasteiger partial charge in [0.15, 0.2) is 0 Å². The Balaban J connectivity index is 0. The third-order valence-corrected chi connectivity index (χ3v) is 20.5. The van der Waals surface area contributed by atoms with Crippen LogP contribution in [0.2, 0.25) is 0 Å². The van der Waals surface area contributed by atoms with E-state index in [-0.39, 0.29) is 74.1 Å². The van der Waals surface area contributed by atoms with Crippen molar-refractivity contribution < 1.29 is 63.5 Å². The SMILES string of the molecule is C1=CC2C=CC1C2.C1=CCC/C=C\CC1.C1=CCC/C=C\CC1.C=CCC.CC1(C)c2cccc(P(c3ccccc3)c3ccccc3)c2Oc2c(P(c3ccccc3)c3ccccc3)cccc21.CCCCC=O.CO.CO.O=CC1=CC2C=CC1C2.[CH3-].[CH3-].[CH3-].[CH3-].[Rh+2].[Rh+2]. The number of benzene rings is 6. The van der Waals surface area contributed by atoms with Crippen LogP contribution in [0.3, 0.4) is 0 Å². The van der Waals surface area contributed by atoms with E-state index in [0.29, 0.717) is 11.8 Å². The normalized spacial score (nSPS) is 17.7. The van der Waals surface area contributed by atoms with Gasteiger partial charge in [0.25, 0.3) is 0 Å².